The molecule has 1 atom stereocenters. The molecule has 2 heterocycles. The van der Waals surface area contributed by atoms with Crippen molar-refractivity contribution < 1.29 is 13.9 Å². The highest BCUT2D eigenvalue weighted by Crippen LogP contribution is 2.35. The SMILES string of the molecule is CN(C[C@@H]1CN(c2ccccc2)C(=O)O1)C1CCC(c2ccc3[nH]c(=O)oc3c2)CC1. The Morgan fingerprint density at radius 1 is 1.06 bits per heavy atom. The average Bonchev–Trinajstić information content (AvgIpc) is 3.34. The van der Waals surface area contributed by atoms with Gasteiger partial charge >= 0.3 is 11.8 Å². The fraction of sp³-hybridized carbons (Fsp3) is 0.417. The molecule has 1 saturated heterocycles. The number of H-pyrrole nitrogens is 1. The molecule has 1 N–H and O–H groups in total. The number of fused-ring (bicyclic) bond motifs is 1. The van der Waals surface area contributed by atoms with Crippen molar-refractivity contribution >= 4 is 22.9 Å². The lowest BCUT2D eigenvalue weighted by molar-refractivity contribution is 0.0912. The highest BCUT2D eigenvalue weighted by atomic mass is 16.6. The van der Waals surface area contributed by atoms with Crippen LogP contribution in [0.2, 0.25) is 0 Å². The number of aromatic amines is 1. The summed E-state index contributed by atoms with van der Waals surface area (Å²) < 4.78 is 10.8. The Hall–Kier alpha value is -3.06. The Bertz CT molecular complexity index is 1110. The van der Waals surface area contributed by atoms with Crippen molar-refractivity contribution in [2.75, 3.05) is 25.0 Å². The largest absolute Gasteiger partial charge is 0.443 e. The lowest BCUT2D eigenvalue weighted by Crippen LogP contribution is -2.40. The number of para-hydroxylation sites is 1. The highest BCUT2D eigenvalue weighted by molar-refractivity contribution is 5.89. The zero-order valence-electron chi connectivity index (χ0n) is 17.6. The number of rotatable bonds is 5. The van der Waals surface area contributed by atoms with Gasteiger partial charge in [0.05, 0.1) is 12.1 Å². The lowest BCUT2D eigenvalue weighted by Gasteiger charge is -2.35. The number of hydrogen-bond acceptors (Lipinski definition) is 5. The molecule has 1 aromatic heterocycles. The van der Waals surface area contributed by atoms with Crippen LogP contribution in [-0.2, 0) is 4.74 Å². The summed E-state index contributed by atoms with van der Waals surface area (Å²) >= 11 is 0. The number of oxazole rings is 1. The number of aromatic nitrogens is 1. The normalized spacial score (nSPS) is 24.1. The summed E-state index contributed by atoms with van der Waals surface area (Å²) in [6.07, 6.45) is 4.00. The fourth-order valence-electron chi connectivity index (χ4n) is 4.97. The van der Waals surface area contributed by atoms with Gasteiger partial charge in [0.15, 0.2) is 5.58 Å². The summed E-state index contributed by atoms with van der Waals surface area (Å²) in [6.45, 7) is 1.33. The van der Waals surface area contributed by atoms with Gasteiger partial charge in [0.25, 0.3) is 0 Å². The van der Waals surface area contributed by atoms with E-state index in [1.165, 1.54) is 5.56 Å². The molecule has 3 aromatic rings. The van der Waals surface area contributed by atoms with Crippen LogP contribution in [0, 0.1) is 0 Å². The van der Waals surface area contributed by atoms with E-state index in [4.69, 9.17) is 9.15 Å². The van der Waals surface area contributed by atoms with Crippen LogP contribution in [0.1, 0.15) is 37.2 Å². The molecule has 1 aliphatic heterocycles. The first-order valence-corrected chi connectivity index (χ1v) is 10.9. The minimum absolute atomic E-state index is 0.116. The molecule has 0 bridgehead atoms. The Labute approximate surface area is 180 Å². The summed E-state index contributed by atoms with van der Waals surface area (Å²) in [5.41, 5.74) is 3.50. The monoisotopic (exact) mass is 421 g/mol. The summed E-state index contributed by atoms with van der Waals surface area (Å²) in [5, 5.41) is 0. The predicted molar refractivity (Wildman–Crippen MR) is 119 cm³/mol. The second kappa shape index (κ2) is 8.23. The van der Waals surface area contributed by atoms with Gasteiger partial charge in [0.1, 0.15) is 6.10 Å². The molecular formula is C24H27N3O4. The van der Waals surface area contributed by atoms with Gasteiger partial charge in [-0.2, -0.15) is 0 Å². The van der Waals surface area contributed by atoms with E-state index in [1.54, 1.807) is 4.90 Å². The van der Waals surface area contributed by atoms with Gasteiger partial charge in [0.2, 0.25) is 0 Å². The van der Waals surface area contributed by atoms with E-state index in [9.17, 15) is 9.59 Å². The van der Waals surface area contributed by atoms with Crippen LogP contribution < -0.4 is 10.7 Å². The molecule has 7 nitrogen and oxygen atoms in total. The van der Waals surface area contributed by atoms with Gasteiger partial charge in [-0.25, -0.2) is 9.59 Å². The maximum atomic E-state index is 12.3. The molecule has 7 heteroatoms. The molecule has 0 radical (unpaired) electrons. The summed E-state index contributed by atoms with van der Waals surface area (Å²) in [5.74, 6) is 0.0723. The van der Waals surface area contributed by atoms with Crippen LogP contribution in [-0.4, -0.2) is 48.3 Å². The summed E-state index contributed by atoms with van der Waals surface area (Å²) in [6, 6.07) is 16.2. The molecule has 5 rings (SSSR count). The van der Waals surface area contributed by atoms with Gasteiger partial charge in [-0.05, 0) is 68.5 Å². The number of anilines is 1. The Morgan fingerprint density at radius 2 is 1.84 bits per heavy atom. The van der Waals surface area contributed by atoms with Crippen LogP contribution in [0.4, 0.5) is 10.5 Å². The lowest BCUT2D eigenvalue weighted by atomic mass is 9.81. The topological polar surface area (TPSA) is 78.8 Å². The average molecular weight is 421 g/mol. The molecule has 162 valence electrons. The Kier molecular flexibility index (Phi) is 5.28. The third-order valence-electron chi connectivity index (χ3n) is 6.67. The first-order valence-electron chi connectivity index (χ1n) is 10.9. The van der Waals surface area contributed by atoms with E-state index in [0.29, 0.717) is 24.1 Å². The minimum atomic E-state index is -0.407. The van der Waals surface area contributed by atoms with Crippen molar-refractivity contribution in [2.24, 2.45) is 0 Å². The molecule has 2 aliphatic rings. The van der Waals surface area contributed by atoms with E-state index in [2.05, 4.69) is 23.0 Å². The van der Waals surface area contributed by atoms with Crippen molar-refractivity contribution in [1.29, 1.82) is 0 Å². The van der Waals surface area contributed by atoms with Crippen LogP contribution >= 0.6 is 0 Å². The van der Waals surface area contributed by atoms with E-state index in [-0.39, 0.29) is 12.2 Å². The number of nitrogens with zero attached hydrogens (tertiary/aromatic N) is 2. The van der Waals surface area contributed by atoms with E-state index in [1.807, 2.05) is 42.5 Å². The number of cyclic esters (lactones) is 1. The fourth-order valence-corrected chi connectivity index (χ4v) is 4.97. The van der Waals surface area contributed by atoms with E-state index >= 15 is 0 Å². The number of ether oxygens (including phenoxy) is 1. The van der Waals surface area contributed by atoms with Gasteiger partial charge in [0, 0.05) is 18.3 Å². The maximum absolute atomic E-state index is 12.3. The third-order valence-corrected chi connectivity index (χ3v) is 6.67. The molecule has 1 saturated carbocycles. The molecular weight excluding hydrogens is 394 g/mol. The molecule has 1 amide bonds. The molecule has 2 fully saturated rings. The zero-order valence-corrected chi connectivity index (χ0v) is 17.6. The second-order valence-corrected chi connectivity index (χ2v) is 8.67. The van der Waals surface area contributed by atoms with E-state index < -0.39 is 5.76 Å². The van der Waals surface area contributed by atoms with E-state index in [0.717, 1.165) is 43.4 Å². The first kappa shape index (κ1) is 19.9. The zero-order chi connectivity index (χ0) is 21.4. The number of carbonyl (C=O) groups is 1. The predicted octanol–water partition coefficient (Wildman–Crippen LogP) is 4.10. The summed E-state index contributed by atoms with van der Waals surface area (Å²) in [4.78, 5) is 30.4. The Morgan fingerprint density at radius 3 is 2.61 bits per heavy atom. The molecule has 2 aromatic carbocycles. The van der Waals surface area contributed by atoms with Gasteiger partial charge in [-0.3, -0.25) is 14.8 Å². The van der Waals surface area contributed by atoms with Crippen LogP contribution in [0.15, 0.2) is 57.7 Å². The van der Waals surface area contributed by atoms with Crippen LogP contribution in [0.25, 0.3) is 11.1 Å². The van der Waals surface area contributed by atoms with Crippen molar-refractivity contribution in [3.05, 3.63) is 64.6 Å². The molecule has 0 spiro atoms. The first-order chi connectivity index (χ1) is 15.1. The van der Waals surface area contributed by atoms with Crippen molar-refractivity contribution in [1.82, 2.24) is 9.88 Å². The van der Waals surface area contributed by atoms with Gasteiger partial charge in [-0.15, -0.1) is 0 Å². The maximum Gasteiger partial charge on any atom is 0.417 e. The number of nitrogens with one attached hydrogen (secondary N) is 1. The quantitative estimate of drug-likeness (QED) is 0.671. The number of likely N-dealkylation sites (N-methyl/N-ethyl adjacent to an activating group) is 1. The van der Waals surface area contributed by atoms with Gasteiger partial charge < -0.3 is 9.15 Å². The molecule has 0 unspecified atom stereocenters. The number of amides is 1. The third kappa shape index (κ3) is 4.10. The molecule has 31 heavy (non-hydrogen) atoms. The number of benzene rings is 2. The minimum Gasteiger partial charge on any atom is -0.443 e. The van der Waals surface area contributed by atoms with Gasteiger partial charge in [-0.1, -0.05) is 24.3 Å². The number of carbonyl (C=O) groups excluding carboxylic acids is 1. The van der Waals surface area contributed by atoms with Crippen LogP contribution in [0.5, 0.6) is 0 Å². The van der Waals surface area contributed by atoms with Crippen molar-refractivity contribution in [3.8, 4) is 0 Å². The van der Waals surface area contributed by atoms with Crippen molar-refractivity contribution in [2.45, 2.75) is 43.7 Å². The van der Waals surface area contributed by atoms with Crippen molar-refractivity contribution in [3.63, 3.8) is 0 Å². The number of hydrogen-bond donors (Lipinski definition) is 1. The summed E-state index contributed by atoms with van der Waals surface area (Å²) in [7, 11) is 2.13. The second-order valence-electron chi connectivity index (χ2n) is 8.67. The van der Waals surface area contributed by atoms with Crippen LogP contribution in [0.3, 0.4) is 0 Å². The Balaban J connectivity index is 1.16. The smallest absolute Gasteiger partial charge is 0.417 e. The standard InChI is InChI=1S/C24H27N3O4/c1-26(14-20-15-27(24(29)30-20)19-5-3-2-4-6-19)18-10-7-16(8-11-18)17-9-12-21-22(13-17)31-23(28)25-21/h2-6,9,12-13,16,18,20H,7-8,10-11,14-15H2,1H3,(H,25,28)/t16?,18?,20-/m1/s1. The highest BCUT2D eigenvalue weighted by Gasteiger charge is 2.34. The molecule has 1 aliphatic carbocycles.